The lowest BCUT2D eigenvalue weighted by Crippen LogP contribution is -2.26. The molecule has 0 fully saturated rings. The summed E-state index contributed by atoms with van der Waals surface area (Å²) in [6.07, 6.45) is 0.845. The highest BCUT2D eigenvalue weighted by Crippen LogP contribution is 2.30. The van der Waals surface area contributed by atoms with E-state index >= 15 is 0 Å². The Kier molecular flexibility index (Phi) is 7.79. The Morgan fingerprint density at radius 2 is 1.82 bits per heavy atom. The summed E-state index contributed by atoms with van der Waals surface area (Å²) in [5.74, 6) is 0.892. The van der Waals surface area contributed by atoms with Crippen LogP contribution in [0.5, 0.6) is 5.75 Å². The van der Waals surface area contributed by atoms with Gasteiger partial charge in [0.2, 0.25) is 5.82 Å². The van der Waals surface area contributed by atoms with Crippen LogP contribution < -0.4 is 10.3 Å². The van der Waals surface area contributed by atoms with Gasteiger partial charge in [-0.3, -0.25) is 4.79 Å². The Morgan fingerprint density at radius 3 is 2.55 bits per heavy atom. The van der Waals surface area contributed by atoms with E-state index in [1.807, 2.05) is 48.5 Å². The van der Waals surface area contributed by atoms with E-state index in [-0.39, 0.29) is 12.2 Å². The summed E-state index contributed by atoms with van der Waals surface area (Å²) in [5, 5.41) is 5.88. The molecule has 0 aliphatic carbocycles. The fourth-order valence-corrected chi connectivity index (χ4v) is 5.93. The van der Waals surface area contributed by atoms with E-state index in [2.05, 4.69) is 50.3 Å². The maximum atomic E-state index is 13.5. The van der Waals surface area contributed by atoms with Crippen LogP contribution >= 0.6 is 45.2 Å². The van der Waals surface area contributed by atoms with Crippen LogP contribution in [0.3, 0.4) is 0 Å². The fourth-order valence-electron chi connectivity index (χ4n) is 3.86. The molecule has 10 heteroatoms. The average Bonchev–Trinajstić information content (AvgIpc) is 3.34. The van der Waals surface area contributed by atoms with Gasteiger partial charge in [-0.2, -0.15) is 9.78 Å². The summed E-state index contributed by atoms with van der Waals surface area (Å²) in [6, 6.07) is 20.3. The normalized spacial score (nSPS) is 12.3. The molecule has 5 aromatic rings. The Balaban J connectivity index is 1.55. The second-order valence-electron chi connectivity index (χ2n) is 8.29. The summed E-state index contributed by atoms with van der Waals surface area (Å²) in [6.45, 7) is 3.69. The highest BCUT2D eigenvalue weighted by molar-refractivity contribution is 14.1. The van der Waals surface area contributed by atoms with Crippen LogP contribution in [0, 0.1) is 7.14 Å². The van der Waals surface area contributed by atoms with Crippen LogP contribution in [-0.2, 0) is 9.53 Å². The van der Waals surface area contributed by atoms with Crippen LogP contribution in [0.4, 0.5) is 0 Å². The van der Waals surface area contributed by atoms with E-state index in [1.54, 1.807) is 38.3 Å². The van der Waals surface area contributed by atoms with Crippen molar-refractivity contribution in [3.63, 3.8) is 0 Å². The predicted molar refractivity (Wildman–Crippen MR) is 163 cm³/mol. The van der Waals surface area contributed by atoms with E-state index in [0.717, 1.165) is 18.1 Å². The van der Waals surface area contributed by atoms with Crippen molar-refractivity contribution >= 4 is 79.2 Å². The minimum atomic E-state index is -0.745. The van der Waals surface area contributed by atoms with E-state index < -0.39 is 12.1 Å². The quantitative estimate of drug-likeness (QED) is 0.112. The largest absolute Gasteiger partial charge is 0.477 e. The molecular formula is C28H21I2N3O5. The summed E-state index contributed by atoms with van der Waals surface area (Å²) in [7, 11) is 0. The molecule has 0 radical (unpaired) electrons. The number of ether oxygens (including phenoxy) is 2. The molecule has 0 aliphatic rings. The van der Waals surface area contributed by atoms with Gasteiger partial charge in [0.1, 0.15) is 11.3 Å². The second-order valence-corrected chi connectivity index (χ2v) is 10.6. The van der Waals surface area contributed by atoms with Crippen LogP contribution in [0.25, 0.3) is 33.5 Å². The number of furan rings is 1. The van der Waals surface area contributed by atoms with Gasteiger partial charge in [0.05, 0.1) is 30.9 Å². The molecule has 0 bridgehead atoms. The molecule has 3 aromatic carbocycles. The number of hydrogen-bond donors (Lipinski definition) is 0. The average molecular weight is 733 g/mol. The Morgan fingerprint density at radius 1 is 1.11 bits per heavy atom. The summed E-state index contributed by atoms with van der Waals surface area (Å²) >= 11 is 4.29. The van der Waals surface area contributed by atoms with Crippen molar-refractivity contribution in [1.82, 2.24) is 9.66 Å². The minimum Gasteiger partial charge on any atom is -0.477 e. The summed E-state index contributed by atoms with van der Waals surface area (Å²) in [5.41, 5.74) is 1.68. The molecule has 0 saturated carbocycles. The van der Waals surface area contributed by atoms with Gasteiger partial charge in [-0.25, -0.2) is 9.78 Å². The maximum absolute atomic E-state index is 13.5. The maximum Gasteiger partial charge on any atom is 0.347 e. The first-order valence-corrected chi connectivity index (χ1v) is 13.9. The third kappa shape index (κ3) is 5.32. The molecule has 0 unspecified atom stereocenters. The topological polar surface area (TPSA) is 95.9 Å². The van der Waals surface area contributed by atoms with Gasteiger partial charge in [0.15, 0.2) is 11.9 Å². The van der Waals surface area contributed by atoms with Crippen molar-refractivity contribution in [2.45, 2.75) is 20.0 Å². The molecule has 0 saturated heterocycles. The standard InChI is InChI=1S/C28H21I2N3O5/c1-3-36-28(35)16(2)37-25-20(29)12-17(13-21(25)30)15-31-33-26(24-14-18-8-4-7-11-23(18)38-24)32-22-10-6-5-9-19(22)27(33)34/h4-16H,3H2,1-2H3/t16-/m1/s1. The predicted octanol–water partition coefficient (Wildman–Crippen LogP) is 6.23. The lowest BCUT2D eigenvalue weighted by atomic mass is 10.2. The molecule has 0 aliphatic heterocycles. The van der Waals surface area contributed by atoms with E-state index in [9.17, 15) is 9.59 Å². The lowest BCUT2D eigenvalue weighted by Gasteiger charge is -2.16. The van der Waals surface area contributed by atoms with Crippen LogP contribution in [-0.4, -0.2) is 34.6 Å². The third-order valence-electron chi connectivity index (χ3n) is 5.66. The number of carbonyl (C=O) groups is 1. The number of esters is 1. The molecule has 2 heterocycles. The number of carbonyl (C=O) groups excluding carboxylic acids is 1. The number of aromatic nitrogens is 2. The third-order valence-corrected chi connectivity index (χ3v) is 7.26. The first-order valence-electron chi connectivity index (χ1n) is 11.7. The zero-order chi connectivity index (χ0) is 26.8. The summed E-state index contributed by atoms with van der Waals surface area (Å²) in [4.78, 5) is 30.2. The Hall–Kier alpha value is -3.26. The number of fused-ring (bicyclic) bond motifs is 2. The minimum absolute atomic E-state index is 0.287. The van der Waals surface area contributed by atoms with Gasteiger partial charge in [0.25, 0.3) is 5.56 Å². The van der Waals surface area contributed by atoms with Crippen molar-refractivity contribution in [2.75, 3.05) is 6.61 Å². The molecule has 0 N–H and O–H groups in total. The monoisotopic (exact) mass is 733 g/mol. The van der Waals surface area contributed by atoms with E-state index in [1.165, 1.54) is 4.68 Å². The van der Waals surface area contributed by atoms with E-state index in [0.29, 0.717) is 33.8 Å². The van der Waals surface area contributed by atoms with Crippen molar-refractivity contribution < 1.29 is 18.7 Å². The van der Waals surface area contributed by atoms with Gasteiger partial charge >= 0.3 is 5.97 Å². The number of hydrogen-bond acceptors (Lipinski definition) is 7. The van der Waals surface area contributed by atoms with Crippen molar-refractivity contribution in [3.05, 3.63) is 89.8 Å². The fraction of sp³-hybridized carbons (Fsp3) is 0.143. The number of para-hydroxylation sites is 2. The first-order chi connectivity index (χ1) is 18.4. The highest BCUT2D eigenvalue weighted by atomic mass is 127. The van der Waals surface area contributed by atoms with Crippen molar-refractivity contribution in [2.24, 2.45) is 5.10 Å². The molecule has 38 heavy (non-hydrogen) atoms. The van der Waals surface area contributed by atoms with Gasteiger partial charge in [-0.05, 0) is 101 Å². The van der Waals surface area contributed by atoms with Gasteiger partial charge in [-0.15, -0.1) is 0 Å². The zero-order valence-corrected chi connectivity index (χ0v) is 24.7. The molecule has 5 rings (SSSR count). The highest BCUT2D eigenvalue weighted by Gasteiger charge is 2.20. The number of rotatable bonds is 7. The molecule has 2 aromatic heterocycles. The number of benzene rings is 3. The van der Waals surface area contributed by atoms with Crippen LogP contribution in [0.1, 0.15) is 19.4 Å². The molecule has 0 spiro atoms. The van der Waals surface area contributed by atoms with Crippen molar-refractivity contribution in [1.29, 1.82) is 0 Å². The van der Waals surface area contributed by atoms with Crippen LogP contribution in [0.2, 0.25) is 0 Å². The molecule has 8 nitrogen and oxygen atoms in total. The molecule has 1 atom stereocenters. The van der Waals surface area contributed by atoms with E-state index in [4.69, 9.17) is 18.9 Å². The number of nitrogens with zero attached hydrogens (tertiary/aromatic N) is 3. The van der Waals surface area contributed by atoms with Gasteiger partial charge in [0, 0.05) is 5.39 Å². The Labute approximate surface area is 244 Å². The number of halogens is 2. The smallest absolute Gasteiger partial charge is 0.347 e. The molecular weight excluding hydrogens is 712 g/mol. The SMILES string of the molecule is CCOC(=O)[C@@H](C)Oc1c(I)cc(C=Nn2c(-c3cc4ccccc4o3)nc3ccccc3c2=O)cc1I. The van der Waals surface area contributed by atoms with Crippen LogP contribution in [0.15, 0.2) is 81.0 Å². The second kappa shape index (κ2) is 11.2. The molecule has 192 valence electrons. The van der Waals surface area contributed by atoms with Gasteiger partial charge in [-0.1, -0.05) is 30.3 Å². The molecule has 0 amide bonds. The summed E-state index contributed by atoms with van der Waals surface area (Å²) < 4.78 is 19.8. The Bertz CT molecular complexity index is 1700. The first kappa shape index (κ1) is 26.4. The lowest BCUT2D eigenvalue weighted by molar-refractivity contribution is -0.150. The van der Waals surface area contributed by atoms with Gasteiger partial charge < -0.3 is 13.9 Å². The van der Waals surface area contributed by atoms with Crippen molar-refractivity contribution in [3.8, 4) is 17.3 Å². The zero-order valence-electron chi connectivity index (χ0n) is 20.4.